The lowest BCUT2D eigenvalue weighted by molar-refractivity contribution is 0.234. The van der Waals surface area contributed by atoms with Gasteiger partial charge in [-0.1, -0.05) is 54.2 Å². The second kappa shape index (κ2) is 8.70. The molecule has 0 radical (unpaired) electrons. The van der Waals surface area contributed by atoms with Crippen LogP contribution >= 0.6 is 11.8 Å². The Hall–Kier alpha value is -2.46. The first-order valence-corrected chi connectivity index (χ1v) is 10.8. The number of nitrogens with zero attached hydrogens (tertiary/aromatic N) is 2. The zero-order valence-corrected chi connectivity index (χ0v) is 16.2. The molecule has 0 atom stereocenters. The topological polar surface area (TPSA) is 84.8 Å². The van der Waals surface area contributed by atoms with Crippen LogP contribution in [-0.2, 0) is 28.6 Å². The highest BCUT2D eigenvalue weighted by Gasteiger charge is 2.26. The molecule has 1 heterocycles. The number of benzene rings is 2. The Bertz CT molecular complexity index is 1080. The summed E-state index contributed by atoms with van der Waals surface area (Å²) >= 11 is 1.30. The van der Waals surface area contributed by atoms with E-state index in [1.807, 2.05) is 30.3 Å². The minimum atomic E-state index is -4.60. The Morgan fingerprint density at radius 2 is 1.71 bits per heavy atom. The van der Waals surface area contributed by atoms with Crippen molar-refractivity contribution in [1.82, 2.24) is 14.8 Å². The Labute approximate surface area is 164 Å². The molecule has 0 spiro atoms. The molecule has 0 fully saturated rings. The average Bonchev–Trinajstić information content (AvgIpc) is 3.05. The lowest BCUT2D eigenvalue weighted by atomic mass is 10.1. The summed E-state index contributed by atoms with van der Waals surface area (Å²) in [6.45, 7) is 0.466. The van der Waals surface area contributed by atoms with Gasteiger partial charge in [0.1, 0.15) is 0 Å². The number of thioether (sulfide) groups is 1. The quantitative estimate of drug-likeness (QED) is 0.561. The highest BCUT2D eigenvalue weighted by atomic mass is 32.2. The highest BCUT2D eigenvalue weighted by Crippen LogP contribution is 2.23. The number of rotatable bonds is 8. The molecule has 2 aromatic carbocycles. The molecule has 0 unspecified atom stereocenters. The summed E-state index contributed by atoms with van der Waals surface area (Å²) in [6.07, 6.45) is 0.675. The minimum absolute atomic E-state index is 0.309. The summed E-state index contributed by atoms with van der Waals surface area (Å²) in [5.74, 6) is -3.04. The first kappa shape index (κ1) is 20.3. The number of nitrogens with one attached hydrogen (secondary N) is 1. The maximum absolute atomic E-state index is 12.6. The van der Waals surface area contributed by atoms with Crippen molar-refractivity contribution in [2.45, 2.75) is 34.5 Å². The summed E-state index contributed by atoms with van der Waals surface area (Å²) in [5, 5.41) is 6.95. The highest BCUT2D eigenvalue weighted by molar-refractivity contribution is 7.98. The molecule has 3 aromatic rings. The normalized spacial score (nSPS) is 11.8. The van der Waals surface area contributed by atoms with Crippen LogP contribution in [0.2, 0.25) is 0 Å². The third-order valence-corrected chi connectivity index (χ3v) is 6.49. The molecular formula is C18H17F2N3O3S2. The molecule has 3 rings (SSSR count). The predicted molar refractivity (Wildman–Crippen MR) is 102 cm³/mol. The maximum atomic E-state index is 12.6. The van der Waals surface area contributed by atoms with Gasteiger partial charge >= 0.3 is 11.4 Å². The lowest BCUT2D eigenvalue weighted by Crippen LogP contribution is -2.18. The zero-order valence-electron chi connectivity index (χ0n) is 14.6. The van der Waals surface area contributed by atoms with E-state index in [4.69, 9.17) is 0 Å². The second-order valence-corrected chi connectivity index (χ2v) is 8.80. The predicted octanol–water partition coefficient (Wildman–Crippen LogP) is 3.10. The summed E-state index contributed by atoms with van der Waals surface area (Å²) in [4.78, 5) is 11.6. The number of aryl methyl sites for hydroxylation is 1. The van der Waals surface area contributed by atoms with Gasteiger partial charge in [-0.25, -0.2) is 18.3 Å². The van der Waals surface area contributed by atoms with Crippen molar-refractivity contribution in [2.75, 3.05) is 0 Å². The molecule has 28 heavy (non-hydrogen) atoms. The largest absolute Gasteiger partial charge is 0.343 e. The van der Waals surface area contributed by atoms with E-state index in [1.54, 1.807) is 0 Å². The molecule has 10 heteroatoms. The number of aromatic amines is 1. The summed E-state index contributed by atoms with van der Waals surface area (Å²) in [5.41, 5.74) is 1.52. The molecular weight excluding hydrogens is 408 g/mol. The van der Waals surface area contributed by atoms with Crippen LogP contribution in [0.15, 0.2) is 69.4 Å². The van der Waals surface area contributed by atoms with Crippen LogP contribution in [0.5, 0.6) is 0 Å². The number of hydrogen-bond acceptors (Lipinski definition) is 5. The molecule has 0 saturated heterocycles. The number of hydrogen-bond donors (Lipinski definition) is 1. The molecule has 1 aromatic heterocycles. The van der Waals surface area contributed by atoms with Crippen LogP contribution in [0.4, 0.5) is 8.78 Å². The van der Waals surface area contributed by atoms with Gasteiger partial charge in [-0.2, -0.15) is 8.78 Å². The van der Waals surface area contributed by atoms with E-state index in [-0.39, 0.29) is 5.69 Å². The first-order valence-electron chi connectivity index (χ1n) is 8.31. The number of H-pyrrole nitrogens is 1. The summed E-state index contributed by atoms with van der Waals surface area (Å²) < 4.78 is 49.6. The fraction of sp³-hybridized carbons (Fsp3) is 0.222. The molecule has 1 N–H and O–H groups in total. The van der Waals surface area contributed by atoms with Gasteiger partial charge in [0.05, 0.1) is 4.90 Å². The van der Waals surface area contributed by atoms with E-state index in [0.29, 0.717) is 23.9 Å². The van der Waals surface area contributed by atoms with Gasteiger partial charge in [0.2, 0.25) is 9.84 Å². The average molecular weight is 425 g/mol. The number of alkyl halides is 2. The molecule has 148 valence electrons. The van der Waals surface area contributed by atoms with Gasteiger partial charge in [0.15, 0.2) is 5.16 Å². The van der Waals surface area contributed by atoms with Gasteiger partial charge in [-0.15, -0.1) is 5.10 Å². The fourth-order valence-corrected chi connectivity index (χ4v) is 4.17. The smallest absolute Gasteiger partial charge is 0.270 e. The van der Waals surface area contributed by atoms with Crippen LogP contribution in [0, 0.1) is 0 Å². The third-order valence-electron chi connectivity index (χ3n) is 4.04. The number of aromatic nitrogens is 3. The van der Waals surface area contributed by atoms with E-state index < -0.39 is 20.5 Å². The van der Waals surface area contributed by atoms with Gasteiger partial charge < -0.3 is 0 Å². The number of halogens is 2. The molecule has 0 bridgehead atoms. The van der Waals surface area contributed by atoms with E-state index >= 15 is 0 Å². The number of sulfone groups is 1. The van der Waals surface area contributed by atoms with E-state index in [1.165, 1.54) is 28.5 Å². The van der Waals surface area contributed by atoms with Crippen LogP contribution in [-0.4, -0.2) is 28.9 Å². The molecule has 0 aliphatic heterocycles. The van der Waals surface area contributed by atoms with Gasteiger partial charge in [-0.05, 0) is 29.7 Å². The monoisotopic (exact) mass is 425 g/mol. The van der Waals surface area contributed by atoms with Crippen molar-refractivity contribution in [3.8, 4) is 0 Å². The molecule has 0 aliphatic rings. The Kier molecular flexibility index (Phi) is 6.30. The minimum Gasteiger partial charge on any atom is -0.270 e. The molecule has 6 nitrogen and oxygen atoms in total. The SMILES string of the molecule is O=c1[nH]nc(SCc2ccc(S(=O)(=O)C(F)F)cc2)n1CCc1ccccc1. The standard InChI is InChI=1S/C18H17F2N3O3S2/c19-16(20)28(25,26)15-8-6-14(7-9-15)12-27-18-22-21-17(24)23(18)11-10-13-4-2-1-3-5-13/h1-9,16H,10-12H2,(H,21,24). The Morgan fingerprint density at radius 1 is 1.04 bits per heavy atom. The van der Waals surface area contributed by atoms with Crippen molar-refractivity contribution >= 4 is 21.6 Å². The fourth-order valence-electron chi connectivity index (χ4n) is 2.52. The van der Waals surface area contributed by atoms with Crippen molar-refractivity contribution in [3.05, 3.63) is 76.2 Å². The molecule has 0 amide bonds. The van der Waals surface area contributed by atoms with Crippen LogP contribution in [0.3, 0.4) is 0 Å². The van der Waals surface area contributed by atoms with Gasteiger partial charge in [0, 0.05) is 12.3 Å². The molecule has 0 saturated carbocycles. The van der Waals surface area contributed by atoms with Crippen LogP contribution < -0.4 is 5.69 Å². The Balaban J connectivity index is 1.66. The first-order chi connectivity index (χ1) is 13.4. The second-order valence-electron chi connectivity index (χ2n) is 5.94. The summed E-state index contributed by atoms with van der Waals surface area (Å²) in [7, 11) is -4.60. The van der Waals surface area contributed by atoms with Crippen LogP contribution in [0.1, 0.15) is 11.1 Å². The third kappa shape index (κ3) is 4.68. The zero-order chi connectivity index (χ0) is 20.1. The van der Waals surface area contributed by atoms with Crippen molar-refractivity contribution in [1.29, 1.82) is 0 Å². The van der Waals surface area contributed by atoms with Crippen molar-refractivity contribution in [3.63, 3.8) is 0 Å². The van der Waals surface area contributed by atoms with Crippen molar-refractivity contribution < 1.29 is 17.2 Å². The van der Waals surface area contributed by atoms with Gasteiger partial charge in [-0.3, -0.25) is 4.57 Å². The van der Waals surface area contributed by atoms with Gasteiger partial charge in [0.25, 0.3) is 0 Å². The van der Waals surface area contributed by atoms with Crippen molar-refractivity contribution in [2.24, 2.45) is 0 Å². The van der Waals surface area contributed by atoms with Crippen LogP contribution in [0.25, 0.3) is 0 Å². The Morgan fingerprint density at radius 3 is 2.36 bits per heavy atom. The van der Waals surface area contributed by atoms with E-state index in [9.17, 15) is 22.0 Å². The summed E-state index contributed by atoms with van der Waals surface area (Å²) in [6, 6.07) is 15.0. The van der Waals surface area contributed by atoms with E-state index in [0.717, 1.165) is 23.3 Å². The lowest BCUT2D eigenvalue weighted by Gasteiger charge is -2.07. The van der Waals surface area contributed by atoms with E-state index in [2.05, 4.69) is 10.2 Å². The molecule has 0 aliphatic carbocycles. The maximum Gasteiger partial charge on any atom is 0.343 e.